The van der Waals surface area contributed by atoms with Crippen LogP contribution in [0, 0.1) is 5.41 Å². The molecule has 0 spiro atoms. The van der Waals surface area contributed by atoms with E-state index in [0.717, 1.165) is 42.3 Å². The molecule has 0 bridgehead atoms. The number of ether oxygens (including phenoxy) is 1. The lowest BCUT2D eigenvalue weighted by atomic mass is 9.96. The third-order valence-electron chi connectivity index (χ3n) is 6.48. The molecule has 4 rings (SSSR count). The van der Waals surface area contributed by atoms with Crippen LogP contribution in [0.3, 0.4) is 0 Å². The van der Waals surface area contributed by atoms with Gasteiger partial charge in [0.25, 0.3) is 5.91 Å². The van der Waals surface area contributed by atoms with Gasteiger partial charge in [0.2, 0.25) is 0 Å². The summed E-state index contributed by atoms with van der Waals surface area (Å²) in [7, 11) is 1.94. The molecule has 1 unspecified atom stereocenters. The number of rotatable bonds is 3. The average Bonchev–Trinajstić information content (AvgIpc) is 3.37. The second-order valence-corrected chi connectivity index (χ2v) is 11.7. The van der Waals surface area contributed by atoms with Crippen molar-refractivity contribution >= 4 is 45.7 Å². The second-order valence-electron chi connectivity index (χ2n) is 10.0. The summed E-state index contributed by atoms with van der Waals surface area (Å²) in [5.74, 6) is 0.871. The number of hydrogen-bond acceptors (Lipinski definition) is 6. The zero-order valence-corrected chi connectivity index (χ0v) is 22.0. The summed E-state index contributed by atoms with van der Waals surface area (Å²) in [6.07, 6.45) is 2.67. The van der Waals surface area contributed by atoms with E-state index >= 15 is 0 Å². The normalized spacial score (nSPS) is 19.7. The summed E-state index contributed by atoms with van der Waals surface area (Å²) in [5.41, 5.74) is 0.333. The number of aromatic nitrogens is 2. The lowest BCUT2D eigenvalue weighted by molar-refractivity contribution is 0.0435. The summed E-state index contributed by atoms with van der Waals surface area (Å²) < 4.78 is 7.63. The van der Waals surface area contributed by atoms with Crippen LogP contribution < -0.4 is 4.90 Å². The summed E-state index contributed by atoms with van der Waals surface area (Å²) in [6, 6.07) is 5.94. The van der Waals surface area contributed by atoms with E-state index in [2.05, 4.69) is 0 Å². The van der Waals surface area contributed by atoms with Gasteiger partial charge in [0.15, 0.2) is 0 Å². The molecular formula is C24H34ClN5O3S. The van der Waals surface area contributed by atoms with Crippen molar-refractivity contribution in [1.29, 1.82) is 0 Å². The van der Waals surface area contributed by atoms with Crippen LogP contribution in [0.15, 0.2) is 18.2 Å². The first-order chi connectivity index (χ1) is 16.1. The van der Waals surface area contributed by atoms with Crippen LogP contribution in [0.5, 0.6) is 0 Å². The number of amides is 2. The standard InChI is InChI=1S/C24H34ClN5O3S/c1-24(2,3)22(31)30-20(27(4)21-8-7-19(25)34-21)16-18(26-30)17-6-5-10-28(11-9-17)23(32)29-12-14-33-15-13-29/h7-8,16-17H,5-6,9-15H2,1-4H3. The van der Waals surface area contributed by atoms with Crippen LogP contribution >= 0.6 is 22.9 Å². The fourth-order valence-corrected chi connectivity index (χ4v) is 5.43. The Morgan fingerprint density at radius 1 is 1.12 bits per heavy atom. The molecule has 186 valence electrons. The van der Waals surface area contributed by atoms with Crippen molar-refractivity contribution in [3.63, 3.8) is 0 Å². The van der Waals surface area contributed by atoms with Crippen molar-refractivity contribution in [3.8, 4) is 0 Å². The maximum atomic E-state index is 13.3. The van der Waals surface area contributed by atoms with Gasteiger partial charge in [-0.1, -0.05) is 32.4 Å². The molecule has 0 aromatic carbocycles. The van der Waals surface area contributed by atoms with E-state index in [1.807, 2.05) is 60.7 Å². The van der Waals surface area contributed by atoms with Gasteiger partial charge in [-0.15, -0.1) is 11.3 Å². The van der Waals surface area contributed by atoms with Crippen molar-refractivity contribution in [1.82, 2.24) is 19.6 Å². The molecule has 10 heteroatoms. The molecule has 0 aliphatic carbocycles. The summed E-state index contributed by atoms with van der Waals surface area (Å²) in [4.78, 5) is 32.1. The van der Waals surface area contributed by atoms with Crippen LogP contribution in [0.25, 0.3) is 0 Å². The SMILES string of the molecule is CN(c1ccc(Cl)s1)c1cc(C2CCCN(C(=O)N3CCOCC3)CC2)nn1C(=O)C(C)(C)C. The molecular weight excluding hydrogens is 474 g/mol. The van der Waals surface area contributed by atoms with Gasteiger partial charge in [-0.25, -0.2) is 4.79 Å². The van der Waals surface area contributed by atoms with E-state index in [9.17, 15) is 9.59 Å². The highest BCUT2D eigenvalue weighted by atomic mass is 35.5. The Bertz CT molecular complexity index is 1020. The molecule has 0 radical (unpaired) electrons. The molecule has 2 aliphatic rings. The number of nitrogens with zero attached hydrogens (tertiary/aromatic N) is 5. The fourth-order valence-electron chi connectivity index (χ4n) is 4.43. The number of carbonyl (C=O) groups excluding carboxylic acids is 2. The molecule has 2 saturated heterocycles. The largest absolute Gasteiger partial charge is 0.378 e. The van der Waals surface area contributed by atoms with Gasteiger partial charge in [0, 0.05) is 50.6 Å². The number of halogens is 1. The molecule has 2 fully saturated rings. The van der Waals surface area contributed by atoms with Gasteiger partial charge >= 0.3 is 6.03 Å². The lowest BCUT2D eigenvalue weighted by Gasteiger charge is -2.32. The Morgan fingerprint density at radius 3 is 2.47 bits per heavy atom. The Balaban J connectivity index is 1.55. The third-order valence-corrected chi connectivity index (χ3v) is 7.78. The van der Waals surface area contributed by atoms with E-state index in [-0.39, 0.29) is 17.9 Å². The van der Waals surface area contributed by atoms with E-state index in [1.54, 1.807) is 4.68 Å². The Labute approximate surface area is 210 Å². The molecule has 1 atom stereocenters. The topological polar surface area (TPSA) is 70.9 Å². The molecule has 8 nitrogen and oxygen atoms in total. The highest BCUT2D eigenvalue weighted by molar-refractivity contribution is 7.20. The number of urea groups is 1. The zero-order valence-electron chi connectivity index (χ0n) is 20.4. The van der Waals surface area contributed by atoms with Crippen molar-refractivity contribution in [2.45, 2.75) is 46.0 Å². The molecule has 0 saturated carbocycles. The van der Waals surface area contributed by atoms with Crippen LogP contribution in [0.1, 0.15) is 56.4 Å². The molecule has 2 amide bonds. The van der Waals surface area contributed by atoms with E-state index < -0.39 is 5.41 Å². The highest BCUT2D eigenvalue weighted by Crippen LogP contribution is 2.37. The number of anilines is 2. The van der Waals surface area contributed by atoms with Gasteiger partial charge in [-0.2, -0.15) is 9.78 Å². The Morgan fingerprint density at radius 2 is 1.82 bits per heavy atom. The zero-order chi connectivity index (χ0) is 24.5. The van der Waals surface area contributed by atoms with Gasteiger partial charge in [-0.3, -0.25) is 4.79 Å². The maximum Gasteiger partial charge on any atom is 0.320 e. The first kappa shape index (κ1) is 25.0. The summed E-state index contributed by atoms with van der Waals surface area (Å²) in [6.45, 7) is 9.67. The molecule has 2 aromatic heterocycles. The van der Waals surface area contributed by atoms with Crippen molar-refractivity contribution in [2.75, 3.05) is 51.3 Å². The maximum absolute atomic E-state index is 13.3. The van der Waals surface area contributed by atoms with Gasteiger partial charge in [-0.05, 0) is 31.4 Å². The van der Waals surface area contributed by atoms with Crippen LogP contribution in [0.2, 0.25) is 4.34 Å². The van der Waals surface area contributed by atoms with E-state index in [1.165, 1.54) is 11.3 Å². The predicted molar refractivity (Wildman–Crippen MR) is 136 cm³/mol. The van der Waals surface area contributed by atoms with Crippen molar-refractivity contribution in [3.05, 3.63) is 28.2 Å². The van der Waals surface area contributed by atoms with Crippen molar-refractivity contribution in [2.24, 2.45) is 5.41 Å². The van der Waals surface area contributed by atoms with Gasteiger partial charge in [0.1, 0.15) is 5.82 Å². The minimum atomic E-state index is -0.573. The molecule has 0 N–H and O–H groups in total. The van der Waals surface area contributed by atoms with Gasteiger partial charge in [0.05, 0.1) is 28.2 Å². The number of carbonyl (C=O) groups is 2. The number of morpholine rings is 1. The smallest absolute Gasteiger partial charge is 0.320 e. The van der Waals surface area contributed by atoms with Crippen LogP contribution in [-0.2, 0) is 4.74 Å². The summed E-state index contributed by atoms with van der Waals surface area (Å²) >= 11 is 7.63. The first-order valence-electron chi connectivity index (χ1n) is 11.9. The van der Waals surface area contributed by atoms with E-state index in [4.69, 9.17) is 21.4 Å². The monoisotopic (exact) mass is 507 g/mol. The number of thiophene rings is 1. The van der Waals surface area contributed by atoms with Crippen molar-refractivity contribution < 1.29 is 14.3 Å². The lowest BCUT2D eigenvalue weighted by Crippen LogP contribution is -2.48. The second kappa shape index (κ2) is 10.3. The minimum Gasteiger partial charge on any atom is -0.378 e. The highest BCUT2D eigenvalue weighted by Gasteiger charge is 2.31. The number of likely N-dealkylation sites (tertiary alicyclic amines) is 1. The fraction of sp³-hybridized carbons (Fsp3) is 0.625. The Hall–Kier alpha value is -2.10. The first-order valence-corrected chi connectivity index (χ1v) is 13.1. The van der Waals surface area contributed by atoms with Crippen LogP contribution in [0.4, 0.5) is 15.6 Å². The molecule has 2 aromatic rings. The third kappa shape index (κ3) is 5.42. The Kier molecular flexibility index (Phi) is 7.54. The molecule has 4 heterocycles. The predicted octanol–water partition coefficient (Wildman–Crippen LogP) is 5.07. The molecule has 2 aliphatic heterocycles. The molecule has 34 heavy (non-hydrogen) atoms. The van der Waals surface area contributed by atoms with Crippen LogP contribution in [-0.4, -0.2) is 78.0 Å². The average molecular weight is 508 g/mol. The number of hydrogen-bond donors (Lipinski definition) is 0. The van der Waals surface area contributed by atoms with Gasteiger partial charge < -0.3 is 19.4 Å². The minimum absolute atomic E-state index is 0.0546. The quantitative estimate of drug-likeness (QED) is 0.579. The summed E-state index contributed by atoms with van der Waals surface area (Å²) in [5, 5.41) is 5.77. The van der Waals surface area contributed by atoms with E-state index in [0.29, 0.717) is 37.2 Å².